The van der Waals surface area contributed by atoms with Gasteiger partial charge in [-0.05, 0) is 55.7 Å². The molecule has 1 saturated carbocycles. The van der Waals surface area contributed by atoms with E-state index >= 15 is 0 Å². The van der Waals surface area contributed by atoms with Crippen molar-refractivity contribution in [2.24, 2.45) is 16.4 Å². The van der Waals surface area contributed by atoms with E-state index in [1.807, 2.05) is 0 Å². The van der Waals surface area contributed by atoms with E-state index in [0.717, 1.165) is 38.8 Å². The monoisotopic (exact) mass is 297 g/mol. The second-order valence-electron chi connectivity index (χ2n) is 6.99. The number of rotatable bonds is 3. The van der Waals surface area contributed by atoms with Gasteiger partial charge in [0.25, 0.3) is 0 Å². The van der Waals surface area contributed by atoms with Crippen LogP contribution in [0.1, 0.15) is 52.9 Å². The van der Waals surface area contributed by atoms with Crippen LogP contribution in [0.25, 0.3) is 0 Å². The number of nitrogens with zero attached hydrogens (tertiary/aromatic N) is 1. The van der Waals surface area contributed by atoms with Gasteiger partial charge in [0, 0.05) is 18.9 Å². The molecule has 2 aliphatic rings. The van der Waals surface area contributed by atoms with Crippen molar-refractivity contribution in [3.63, 3.8) is 0 Å². The topological polar surface area (TPSA) is 45.7 Å². The Bertz CT molecular complexity index is 375. The van der Waals surface area contributed by atoms with Crippen LogP contribution in [-0.4, -0.2) is 30.1 Å². The molecule has 2 atom stereocenters. The van der Waals surface area contributed by atoms with E-state index in [9.17, 15) is 0 Å². The molecule has 0 spiro atoms. The maximum Gasteiger partial charge on any atom is 0.187 e. The van der Waals surface area contributed by atoms with Gasteiger partial charge in [0.1, 0.15) is 0 Å². The zero-order valence-electron chi connectivity index (χ0n) is 12.9. The molecule has 20 heavy (non-hydrogen) atoms. The van der Waals surface area contributed by atoms with Crippen LogP contribution in [0.3, 0.4) is 0 Å². The highest BCUT2D eigenvalue weighted by atomic mass is 32.1. The minimum Gasteiger partial charge on any atom is -0.376 e. The summed E-state index contributed by atoms with van der Waals surface area (Å²) in [6.07, 6.45) is 5.98. The van der Waals surface area contributed by atoms with Gasteiger partial charge in [0.15, 0.2) is 5.11 Å². The molecule has 0 radical (unpaired) electrons. The SMILES string of the molecule is C[C@H]1CC(=NNC(=S)NC[C@@H]2CCCO2)CC(C)(C)C1. The van der Waals surface area contributed by atoms with Gasteiger partial charge < -0.3 is 10.1 Å². The quantitative estimate of drug-likeness (QED) is 0.621. The lowest BCUT2D eigenvalue weighted by molar-refractivity contribution is 0.114. The van der Waals surface area contributed by atoms with Crippen LogP contribution < -0.4 is 10.7 Å². The van der Waals surface area contributed by atoms with Gasteiger partial charge in [-0.3, -0.25) is 5.43 Å². The molecule has 114 valence electrons. The first-order valence-corrected chi connectivity index (χ1v) is 8.06. The van der Waals surface area contributed by atoms with Gasteiger partial charge in [-0.15, -0.1) is 0 Å². The van der Waals surface area contributed by atoms with Crippen LogP contribution in [0.15, 0.2) is 5.10 Å². The summed E-state index contributed by atoms with van der Waals surface area (Å²) in [6, 6.07) is 0. The van der Waals surface area contributed by atoms with Crippen molar-refractivity contribution in [3.05, 3.63) is 0 Å². The van der Waals surface area contributed by atoms with Gasteiger partial charge in [-0.2, -0.15) is 5.10 Å². The van der Waals surface area contributed by atoms with E-state index < -0.39 is 0 Å². The molecule has 0 aromatic carbocycles. The molecule has 0 bridgehead atoms. The number of hydrazone groups is 1. The van der Waals surface area contributed by atoms with Crippen molar-refractivity contribution in [1.29, 1.82) is 0 Å². The molecule has 0 aromatic heterocycles. The van der Waals surface area contributed by atoms with Gasteiger partial charge in [0.2, 0.25) is 0 Å². The highest BCUT2D eigenvalue weighted by Gasteiger charge is 2.29. The fourth-order valence-corrected chi connectivity index (χ4v) is 3.51. The smallest absolute Gasteiger partial charge is 0.187 e. The van der Waals surface area contributed by atoms with Crippen LogP contribution in [0, 0.1) is 11.3 Å². The lowest BCUT2D eigenvalue weighted by Crippen LogP contribution is -2.38. The lowest BCUT2D eigenvalue weighted by atomic mass is 9.72. The van der Waals surface area contributed by atoms with Crippen LogP contribution >= 0.6 is 12.2 Å². The molecule has 2 N–H and O–H groups in total. The van der Waals surface area contributed by atoms with Crippen molar-refractivity contribution in [2.45, 2.75) is 59.0 Å². The fraction of sp³-hybridized carbons (Fsp3) is 0.867. The third-order valence-corrected chi connectivity index (χ3v) is 4.23. The van der Waals surface area contributed by atoms with Crippen molar-refractivity contribution in [2.75, 3.05) is 13.2 Å². The predicted molar refractivity (Wildman–Crippen MR) is 86.9 cm³/mol. The fourth-order valence-electron chi connectivity index (χ4n) is 3.38. The number of hydrogen-bond acceptors (Lipinski definition) is 3. The van der Waals surface area contributed by atoms with Crippen LogP contribution in [0.4, 0.5) is 0 Å². The molecule has 5 heteroatoms. The molecule has 1 saturated heterocycles. The molecule has 0 amide bonds. The number of hydrogen-bond donors (Lipinski definition) is 2. The predicted octanol–water partition coefficient (Wildman–Crippen LogP) is 2.83. The zero-order valence-corrected chi connectivity index (χ0v) is 13.7. The average molecular weight is 297 g/mol. The van der Waals surface area contributed by atoms with Gasteiger partial charge >= 0.3 is 0 Å². The first-order valence-electron chi connectivity index (χ1n) is 7.65. The molecule has 1 aliphatic heterocycles. The van der Waals surface area contributed by atoms with Gasteiger partial charge in [-0.1, -0.05) is 20.8 Å². The Labute approximate surface area is 127 Å². The summed E-state index contributed by atoms with van der Waals surface area (Å²) >= 11 is 5.26. The molecule has 2 rings (SSSR count). The summed E-state index contributed by atoms with van der Waals surface area (Å²) in [5, 5.41) is 8.28. The molecule has 4 nitrogen and oxygen atoms in total. The second kappa shape index (κ2) is 6.85. The summed E-state index contributed by atoms with van der Waals surface area (Å²) in [5.74, 6) is 0.702. The Hall–Kier alpha value is -0.680. The van der Waals surface area contributed by atoms with Crippen LogP contribution in [0.5, 0.6) is 0 Å². The van der Waals surface area contributed by atoms with E-state index in [0.29, 0.717) is 22.5 Å². The van der Waals surface area contributed by atoms with E-state index in [4.69, 9.17) is 17.0 Å². The first-order chi connectivity index (χ1) is 9.44. The Kier molecular flexibility index (Phi) is 5.38. The highest BCUT2D eigenvalue weighted by Crippen LogP contribution is 2.36. The summed E-state index contributed by atoms with van der Waals surface area (Å²) in [7, 11) is 0. The van der Waals surface area contributed by atoms with Crippen molar-refractivity contribution in [3.8, 4) is 0 Å². The summed E-state index contributed by atoms with van der Waals surface area (Å²) in [5.41, 5.74) is 4.57. The van der Waals surface area contributed by atoms with Crippen LogP contribution in [-0.2, 0) is 4.74 Å². The summed E-state index contributed by atoms with van der Waals surface area (Å²) in [6.45, 7) is 8.57. The molecular weight excluding hydrogens is 270 g/mol. The zero-order chi connectivity index (χ0) is 14.6. The largest absolute Gasteiger partial charge is 0.376 e. The third-order valence-electron chi connectivity index (χ3n) is 4.00. The number of ether oxygens (including phenoxy) is 1. The Morgan fingerprint density at radius 1 is 1.50 bits per heavy atom. The van der Waals surface area contributed by atoms with Crippen LogP contribution in [0.2, 0.25) is 0 Å². The Morgan fingerprint density at radius 2 is 2.30 bits per heavy atom. The second-order valence-corrected chi connectivity index (χ2v) is 7.40. The molecule has 0 unspecified atom stereocenters. The Balaban J connectivity index is 1.74. The highest BCUT2D eigenvalue weighted by molar-refractivity contribution is 7.80. The maximum atomic E-state index is 5.55. The lowest BCUT2D eigenvalue weighted by Gasteiger charge is -2.34. The standard InChI is InChI=1S/C15H27N3OS/c1-11-7-12(9-15(2,3)8-11)17-18-14(20)16-10-13-5-4-6-19-13/h11,13H,4-10H2,1-3H3,(H2,16,18,20)/t11-,13-/m0/s1. The minimum atomic E-state index is 0.302. The molecule has 1 heterocycles. The van der Waals surface area contributed by atoms with E-state index in [1.165, 1.54) is 12.1 Å². The Morgan fingerprint density at radius 3 is 2.95 bits per heavy atom. The van der Waals surface area contributed by atoms with Gasteiger partial charge in [0.05, 0.1) is 6.10 Å². The molecule has 2 fully saturated rings. The molecular formula is C15H27N3OS. The van der Waals surface area contributed by atoms with Crippen molar-refractivity contribution >= 4 is 23.0 Å². The first kappa shape index (κ1) is 15.7. The normalized spacial score (nSPS) is 31.2. The van der Waals surface area contributed by atoms with E-state index in [1.54, 1.807) is 0 Å². The number of thiocarbonyl (C=S) groups is 1. The number of nitrogens with one attached hydrogen (secondary N) is 2. The van der Waals surface area contributed by atoms with Crippen molar-refractivity contribution < 1.29 is 4.74 Å². The van der Waals surface area contributed by atoms with E-state index in [2.05, 4.69) is 36.6 Å². The third kappa shape index (κ3) is 5.02. The maximum absolute atomic E-state index is 5.55. The molecule has 1 aliphatic carbocycles. The summed E-state index contributed by atoms with van der Waals surface area (Å²) < 4.78 is 5.55. The minimum absolute atomic E-state index is 0.302. The van der Waals surface area contributed by atoms with Gasteiger partial charge in [-0.25, -0.2) is 0 Å². The van der Waals surface area contributed by atoms with E-state index in [-0.39, 0.29) is 0 Å². The summed E-state index contributed by atoms with van der Waals surface area (Å²) in [4.78, 5) is 0. The molecule has 0 aromatic rings. The van der Waals surface area contributed by atoms with Crippen molar-refractivity contribution in [1.82, 2.24) is 10.7 Å². The average Bonchev–Trinajstić information content (AvgIpc) is 2.84.